The molecule has 0 aliphatic carbocycles. The highest BCUT2D eigenvalue weighted by Gasteiger charge is 1.84. The number of ether oxygens (including phenoxy) is 1. The lowest BCUT2D eigenvalue weighted by atomic mass is 10.4. The molecule has 0 amide bonds. The van der Waals surface area contributed by atoms with E-state index < -0.39 is 0 Å². The molecule has 0 aromatic rings. The fraction of sp³-hybridized carbons (Fsp3) is 0.625. The van der Waals surface area contributed by atoms with Crippen molar-refractivity contribution in [3.63, 3.8) is 0 Å². The van der Waals surface area contributed by atoms with Crippen LogP contribution in [0.4, 0.5) is 0 Å². The minimum atomic E-state index is -0.226. The molecular weight excluding hydrogens is 128 g/mol. The van der Waals surface area contributed by atoms with Crippen LogP contribution in [0.3, 0.4) is 0 Å². The van der Waals surface area contributed by atoms with Crippen LogP contribution < -0.4 is 0 Å². The van der Waals surface area contributed by atoms with Crippen molar-refractivity contribution in [1.82, 2.24) is 0 Å². The zero-order valence-electron chi connectivity index (χ0n) is 5.89. The van der Waals surface area contributed by atoms with Gasteiger partial charge >= 0.3 is 5.97 Å². The Kier molecular flexibility index (Phi) is 9.80. The van der Waals surface area contributed by atoms with Gasteiger partial charge in [-0.1, -0.05) is 26.5 Å². The largest absolute Gasteiger partial charge is 0.462 e. The van der Waals surface area contributed by atoms with Crippen LogP contribution in [0.2, 0.25) is 0 Å². The van der Waals surface area contributed by atoms with E-state index in [4.69, 9.17) is 0 Å². The molecule has 0 aromatic heterocycles. The highest BCUT2D eigenvalue weighted by Crippen LogP contribution is 1.81. The zero-order valence-corrected chi connectivity index (χ0v) is 5.89. The number of esters is 1. The molecule has 0 rings (SSSR count). The molecule has 0 saturated heterocycles. The molecule has 0 fully saturated rings. The summed E-state index contributed by atoms with van der Waals surface area (Å²) in [4.78, 5) is 10.2. The Hall–Kier alpha value is -0.790. The van der Waals surface area contributed by atoms with Crippen LogP contribution in [-0.4, -0.2) is 12.6 Å². The van der Waals surface area contributed by atoms with Gasteiger partial charge in [0.25, 0.3) is 0 Å². The summed E-state index contributed by atoms with van der Waals surface area (Å²) < 4.78 is 4.62. The Morgan fingerprint density at radius 3 is 2.50 bits per heavy atom. The van der Waals surface area contributed by atoms with Crippen LogP contribution in [0.1, 0.15) is 27.7 Å². The van der Waals surface area contributed by atoms with E-state index in [1.54, 1.807) is 0 Å². The van der Waals surface area contributed by atoms with Crippen molar-refractivity contribution >= 4 is 5.97 Å². The lowest BCUT2D eigenvalue weighted by molar-refractivity contribution is -0.139. The molecule has 2 heteroatoms. The second-order valence-electron chi connectivity index (χ2n) is 1.68. The van der Waals surface area contributed by atoms with E-state index in [0.717, 1.165) is 6.42 Å². The minimum Gasteiger partial charge on any atom is -0.462 e. The first-order chi connectivity index (χ1) is 4.27. The molecule has 0 atom stereocenters. The van der Waals surface area contributed by atoms with Crippen LogP contribution in [0.25, 0.3) is 0 Å². The molecule has 0 aromatic carbocycles. The highest BCUT2D eigenvalue weighted by atomic mass is 16.5. The maximum atomic E-state index is 10.2. The van der Waals surface area contributed by atoms with Crippen molar-refractivity contribution < 1.29 is 9.53 Å². The molecule has 60 valence electrons. The van der Waals surface area contributed by atoms with Gasteiger partial charge in [-0.05, 0) is 6.42 Å². The SMILES string of the molecule is C.CCC=CCOC(C)=O. The van der Waals surface area contributed by atoms with E-state index in [1.807, 2.05) is 19.1 Å². The number of carbonyl (C=O) groups excluding carboxylic acids is 1. The van der Waals surface area contributed by atoms with E-state index in [1.165, 1.54) is 6.92 Å². The molecule has 0 spiro atoms. The molecule has 0 bridgehead atoms. The van der Waals surface area contributed by atoms with Crippen LogP contribution in [-0.2, 0) is 9.53 Å². The molecule has 2 nitrogen and oxygen atoms in total. The van der Waals surface area contributed by atoms with Gasteiger partial charge in [-0.3, -0.25) is 4.79 Å². The van der Waals surface area contributed by atoms with E-state index in [-0.39, 0.29) is 13.4 Å². The Morgan fingerprint density at radius 2 is 2.10 bits per heavy atom. The highest BCUT2D eigenvalue weighted by molar-refractivity contribution is 5.65. The summed E-state index contributed by atoms with van der Waals surface area (Å²) in [5, 5.41) is 0. The van der Waals surface area contributed by atoms with Gasteiger partial charge in [0, 0.05) is 6.92 Å². The van der Waals surface area contributed by atoms with E-state index in [2.05, 4.69) is 4.74 Å². The molecule has 0 aliphatic heterocycles. The van der Waals surface area contributed by atoms with Gasteiger partial charge in [0.05, 0.1) is 0 Å². The summed E-state index contributed by atoms with van der Waals surface area (Å²) in [6, 6.07) is 0. The van der Waals surface area contributed by atoms with Gasteiger partial charge in [0.2, 0.25) is 0 Å². The molecule has 0 aliphatic rings. The number of rotatable bonds is 3. The Balaban J connectivity index is 0. The van der Waals surface area contributed by atoms with Crippen molar-refractivity contribution in [2.45, 2.75) is 27.7 Å². The summed E-state index contributed by atoms with van der Waals surface area (Å²) in [7, 11) is 0. The van der Waals surface area contributed by atoms with E-state index in [0.29, 0.717) is 6.61 Å². The predicted molar refractivity (Wildman–Crippen MR) is 42.8 cm³/mol. The molecule has 10 heavy (non-hydrogen) atoms. The average Bonchev–Trinajstić information content (AvgIpc) is 1.80. The fourth-order valence-electron chi connectivity index (χ4n) is 0.400. The van der Waals surface area contributed by atoms with Crippen LogP contribution in [0.15, 0.2) is 12.2 Å². The Morgan fingerprint density at radius 1 is 1.50 bits per heavy atom. The second-order valence-corrected chi connectivity index (χ2v) is 1.68. The second kappa shape index (κ2) is 8.21. The van der Waals surface area contributed by atoms with Gasteiger partial charge < -0.3 is 4.74 Å². The molecule has 0 saturated carbocycles. The lowest BCUT2D eigenvalue weighted by Crippen LogP contribution is -1.96. The van der Waals surface area contributed by atoms with Gasteiger partial charge in [-0.25, -0.2) is 0 Å². The topological polar surface area (TPSA) is 26.3 Å². The third-order valence-electron chi connectivity index (χ3n) is 0.785. The predicted octanol–water partition coefficient (Wildman–Crippen LogP) is 2.15. The fourth-order valence-corrected chi connectivity index (χ4v) is 0.400. The first kappa shape index (κ1) is 11.9. The number of hydrogen-bond acceptors (Lipinski definition) is 2. The maximum Gasteiger partial charge on any atom is 0.302 e. The van der Waals surface area contributed by atoms with E-state index >= 15 is 0 Å². The molecule has 0 N–H and O–H groups in total. The van der Waals surface area contributed by atoms with Crippen molar-refractivity contribution in [3.8, 4) is 0 Å². The standard InChI is InChI=1S/C7H12O2.CH4/c1-3-4-5-6-9-7(2)8;/h4-5H,3,6H2,1-2H3;1H4. The number of allylic oxidation sites excluding steroid dienone is 1. The van der Waals surface area contributed by atoms with Crippen molar-refractivity contribution in [1.29, 1.82) is 0 Å². The molecular formula is C8H16O2. The molecule has 0 radical (unpaired) electrons. The minimum absolute atomic E-state index is 0. The van der Waals surface area contributed by atoms with Gasteiger partial charge in [-0.15, -0.1) is 0 Å². The lowest BCUT2D eigenvalue weighted by Gasteiger charge is -1.92. The van der Waals surface area contributed by atoms with Gasteiger partial charge in [0.15, 0.2) is 0 Å². The number of carbonyl (C=O) groups is 1. The first-order valence-electron chi connectivity index (χ1n) is 3.05. The van der Waals surface area contributed by atoms with Crippen molar-refractivity contribution in [2.75, 3.05) is 6.61 Å². The first-order valence-corrected chi connectivity index (χ1v) is 3.05. The van der Waals surface area contributed by atoms with E-state index in [9.17, 15) is 4.79 Å². The van der Waals surface area contributed by atoms with Crippen LogP contribution in [0.5, 0.6) is 0 Å². The number of hydrogen-bond donors (Lipinski definition) is 0. The summed E-state index contributed by atoms with van der Waals surface area (Å²) in [6.07, 6.45) is 4.78. The normalized spacial score (nSPS) is 9.00. The maximum absolute atomic E-state index is 10.2. The third-order valence-corrected chi connectivity index (χ3v) is 0.785. The third kappa shape index (κ3) is 10.2. The summed E-state index contributed by atoms with van der Waals surface area (Å²) in [5.41, 5.74) is 0. The zero-order chi connectivity index (χ0) is 7.11. The summed E-state index contributed by atoms with van der Waals surface area (Å²) >= 11 is 0. The van der Waals surface area contributed by atoms with Crippen molar-refractivity contribution in [2.24, 2.45) is 0 Å². The van der Waals surface area contributed by atoms with Gasteiger partial charge in [-0.2, -0.15) is 0 Å². The molecule has 0 heterocycles. The quantitative estimate of drug-likeness (QED) is 0.448. The van der Waals surface area contributed by atoms with Crippen molar-refractivity contribution in [3.05, 3.63) is 12.2 Å². The smallest absolute Gasteiger partial charge is 0.302 e. The summed E-state index contributed by atoms with van der Waals surface area (Å²) in [5.74, 6) is -0.226. The van der Waals surface area contributed by atoms with Gasteiger partial charge in [0.1, 0.15) is 6.61 Å². The Labute approximate surface area is 62.9 Å². The summed E-state index contributed by atoms with van der Waals surface area (Å²) in [6.45, 7) is 3.84. The monoisotopic (exact) mass is 144 g/mol. The Bertz CT molecular complexity index is 106. The van der Waals surface area contributed by atoms with Crippen LogP contribution in [0, 0.1) is 0 Å². The molecule has 0 unspecified atom stereocenters. The van der Waals surface area contributed by atoms with Crippen LogP contribution >= 0.6 is 0 Å². The average molecular weight is 144 g/mol.